The van der Waals surface area contributed by atoms with E-state index in [-0.39, 0.29) is 16.7 Å². The Morgan fingerprint density at radius 1 is 0.964 bits per heavy atom. The van der Waals surface area contributed by atoms with Gasteiger partial charge in [0.25, 0.3) is 0 Å². The number of hydrogen-bond acceptors (Lipinski definition) is 4. The quantitative estimate of drug-likeness (QED) is 0.773. The van der Waals surface area contributed by atoms with Gasteiger partial charge in [0.05, 0.1) is 12.0 Å². The Balaban J connectivity index is 1.36. The first kappa shape index (κ1) is 19.0. The largest absolute Gasteiger partial charge is 0.497 e. The van der Waals surface area contributed by atoms with Crippen LogP contribution in [0.4, 0.5) is 0 Å². The van der Waals surface area contributed by atoms with Gasteiger partial charge < -0.3 is 9.64 Å². The third kappa shape index (κ3) is 3.64. The summed E-state index contributed by atoms with van der Waals surface area (Å²) in [5, 5.41) is 0. The fourth-order valence-electron chi connectivity index (χ4n) is 3.82. The van der Waals surface area contributed by atoms with Crippen LogP contribution in [0, 0.1) is 5.92 Å². The van der Waals surface area contributed by atoms with Gasteiger partial charge in [0.1, 0.15) is 5.75 Å². The van der Waals surface area contributed by atoms with Gasteiger partial charge in [-0.3, -0.25) is 4.79 Å². The maximum absolute atomic E-state index is 12.8. The molecule has 7 heteroatoms. The predicted molar refractivity (Wildman–Crippen MR) is 106 cm³/mol. The number of ether oxygens (including phenoxy) is 1. The van der Waals surface area contributed by atoms with Crippen LogP contribution in [0.1, 0.15) is 17.9 Å². The van der Waals surface area contributed by atoms with Crippen LogP contribution in [0.5, 0.6) is 5.75 Å². The SMILES string of the molecule is COc1ccc(S(=O)(=O)N2CCN(C(=O)C3CC3c3ccccc3)CC2)cc1. The van der Waals surface area contributed by atoms with E-state index in [2.05, 4.69) is 12.1 Å². The lowest BCUT2D eigenvalue weighted by atomic mass is 10.1. The second kappa shape index (κ2) is 7.56. The molecule has 6 nitrogen and oxygen atoms in total. The van der Waals surface area contributed by atoms with E-state index in [1.165, 1.54) is 9.87 Å². The molecular formula is C21H24N2O4S. The number of carbonyl (C=O) groups excluding carboxylic acids is 1. The monoisotopic (exact) mass is 400 g/mol. The van der Waals surface area contributed by atoms with Crippen LogP contribution in [0.25, 0.3) is 0 Å². The van der Waals surface area contributed by atoms with Gasteiger partial charge in [0.15, 0.2) is 0 Å². The molecule has 1 heterocycles. The molecule has 0 radical (unpaired) electrons. The summed E-state index contributed by atoms with van der Waals surface area (Å²) in [4.78, 5) is 14.8. The van der Waals surface area contributed by atoms with Crippen LogP contribution in [0.15, 0.2) is 59.5 Å². The van der Waals surface area contributed by atoms with Crippen LogP contribution < -0.4 is 4.74 Å². The first-order chi connectivity index (χ1) is 13.5. The normalized spacial score (nSPS) is 22.7. The lowest BCUT2D eigenvalue weighted by molar-refractivity contribution is -0.133. The Kier molecular flexibility index (Phi) is 5.12. The zero-order chi connectivity index (χ0) is 19.7. The van der Waals surface area contributed by atoms with Crippen molar-refractivity contribution >= 4 is 15.9 Å². The Morgan fingerprint density at radius 2 is 1.61 bits per heavy atom. The number of methoxy groups -OCH3 is 1. The molecule has 2 atom stereocenters. The molecule has 2 unspecified atom stereocenters. The van der Waals surface area contributed by atoms with Crippen LogP contribution >= 0.6 is 0 Å². The van der Waals surface area contributed by atoms with E-state index in [9.17, 15) is 13.2 Å². The molecule has 2 fully saturated rings. The van der Waals surface area contributed by atoms with Crippen molar-refractivity contribution < 1.29 is 17.9 Å². The summed E-state index contributed by atoms with van der Waals surface area (Å²) >= 11 is 0. The summed E-state index contributed by atoms with van der Waals surface area (Å²) < 4.78 is 32.2. The Bertz CT molecular complexity index is 936. The Hall–Kier alpha value is -2.38. The van der Waals surface area contributed by atoms with Crippen LogP contribution in [-0.2, 0) is 14.8 Å². The van der Waals surface area contributed by atoms with E-state index in [0.717, 1.165) is 6.42 Å². The fourth-order valence-corrected chi connectivity index (χ4v) is 5.24. The molecule has 2 aliphatic rings. The van der Waals surface area contributed by atoms with Crippen molar-refractivity contribution in [2.45, 2.75) is 17.2 Å². The molecule has 0 N–H and O–H groups in total. The average Bonchev–Trinajstić information content (AvgIpc) is 3.55. The van der Waals surface area contributed by atoms with E-state index in [0.29, 0.717) is 37.8 Å². The topological polar surface area (TPSA) is 66.9 Å². The van der Waals surface area contributed by atoms with E-state index in [1.807, 2.05) is 23.1 Å². The van der Waals surface area contributed by atoms with Gasteiger partial charge in [-0.25, -0.2) is 8.42 Å². The zero-order valence-corrected chi connectivity index (χ0v) is 16.6. The molecule has 2 aromatic rings. The van der Waals surface area contributed by atoms with Crippen molar-refractivity contribution in [3.63, 3.8) is 0 Å². The van der Waals surface area contributed by atoms with Gasteiger partial charge >= 0.3 is 0 Å². The van der Waals surface area contributed by atoms with Crippen LogP contribution in [0.3, 0.4) is 0 Å². The number of benzene rings is 2. The molecule has 1 aliphatic heterocycles. The minimum absolute atomic E-state index is 0.0344. The van der Waals surface area contributed by atoms with Gasteiger partial charge in [-0.1, -0.05) is 30.3 Å². The highest BCUT2D eigenvalue weighted by Crippen LogP contribution is 2.48. The first-order valence-corrected chi connectivity index (χ1v) is 10.9. The third-order valence-corrected chi connectivity index (χ3v) is 7.50. The smallest absolute Gasteiger partial charge is 0.243 e. The third-order valence-electron chi connectivity index (χ3n) is 5.58. The number of nitrogens with zero attached hydrogens (tertiary/aromatic N) is 2. The highest BCUT2D eigenvalue weighted by Gasteiger charge is 2.46. The molecule has 4 rings (SSSR count). The number of amides is 1. The summed E-state index contributed by atoms with van der Waals surface area (Å²) in [5.41, 5.74) is 1.21. The summed E-state index contributed by atoms with van der Waals surface area (Å²) in [7, 11) is -2.01. The van der Waals surface area contributed by atoms with Gasteiger partial charge in [-0.15, -0.1) is 0 Å². The molecule has 28 heavy (non-hydrogen) atoms. The Morgan fingerprint density at radius 3 is 2.21 bits per heavy atom. The minimum atomic E-state index is -3.55. The maximum atomic E-state index is 12.8. The zero-order valence-electron chi connectivity index (χ0n) is 15.8. The van der Waals surface area contributed by atoms with Gasteiger partial charge in [0, 0.05) is 32.1 Å². The molecular weight excluding hydrogens is 376 g/mol. The first-order valence-electron chi connectivity index (χ1n) is 9.48. The van der Waals surface area contributed by atoms with Gasteiger partial charge in [0.2, 0.25) is 15.9 Å². The lowest BCUT2D eigenvalue weighted by Crippen LogP contribution is -2.51. The summed E-state index contributed by atoms with van der Waals surface area (Å²) in [5.74, 6) is 1.10. The molecule has 1 saturated carbocycles. The van der Waals surface area contributed by atoms with E-state index >= 15 is 0 Å². The van der Waals surface area contributed by atoms with Crippen molar-refractivity contribution in [3.05, 3.63) is 60.2 Å². The van der Waals surface area contributed by atoms with Crippen molar-refractivity contribution in [2.24, 2.45) is 5.92 Å². The summed E-state index contributed by atoms with van der Waals surface area (Å²) in [6, 6.07) is 16.5. The number of sulfonamides is 1. The standard InChI is InChI=1S/C21H24N2O4S/c1-27-17-7-9-18(10-8-17)28(25,26)23-13-11-22(12-14-23)21(24)20-15-19(20)16-5-3-2-4-6-16/h2-10,19-20H,11-15H2,1H3. The highest BCUT2D eigenvalue weighted by atomic mass is 32.2. The average molecular weight is 401 g/mol. The molecule has 2 aromatic carbocycles. The molecule has 148 valence electrons. The van der Waals surface area contributed by atoms with Gasteiger partial charge in [-0.2, -0.15) is 4.31 Å². The maximum Gasteiger partial charge on any atom is 0.243 e. The highest BCUT2D eigenvalue weighted by molar-refractivity contribution is 7.89. The van der Waals surface area contributed by atoms with Gasteiger partial charge in [-0.05, 0) is 42.2 Å². The molecule has 1 amide bonds. The minimum Gasteiger partial charge on any atom is -0.497 e. The number of rotatable bonds is 5. The van der Waals surface area contributed by atoms with E-state index in [4.69, 9.17) is 4.74 Å². The molecule has 0 aromatic heterocycles. The fraction of sp³-hybridized carbons (Fsp3) is 0.381. The van der Waals surface area contributed by atoms with Crippen LogP contribution in [-0.4, -0.2) is 56.8 Å². The number of hydrogen-bond donors (Lipinski definition) is 0. The molecule has 1 aliphatic carbocycles. The number of carbonyl (C=O) groups is 1. The van der Waals surface area contributed by atoms with Crippen molar-refractivity contribution in [3.8, 4) is 5.75 Å². The van der Waals surface area contributed by atoms with Crippen molar-refractivity contribution in [1.82, 2.24) is 9.21 Å². The second-order valence-electron chi connectivity index (χ2n) is 7.26. The van der Waals surface area contributed by atoms with E-state index in [1.54, 1.807) is 31.4 Å². The van der Waals surface area contributed by atoms with Crippen molar-refractivity contribution in [2.75, 3.05) is 33.3 Å². The second-order valence-corrected chi connectivity index (χ2v) is 9.20. The molecule has 1 saturated heterocycles. The summed E-state index contributed by atoms with van der Waals surface area (Å²) in [6.07, 6.45) is 0.882. The summed E-state index contributed by atoms with van der Waals surface area (Å²) in [6.45, 7) is 1.52. The van der Waals surface area contributed by atoms with E-state index < -0.39 is 10.0 Å². The van der Waals surface area contributed by atoms with Crippen molar-refractivity contribution in [1.29, 1.82) is 0 Å². The lowest BCUT2D eigenvalue weighted by Gasteiger charge is -2.34. The molecule has 0 spiro atoms. The van der Waals surface area contributed by atoms with Crippen LogP contribution in [0.2, 0.25) is 0 Å². The Labute approximate surface area is 165 Å². The molecule has 0 bridgehead atoms. The predicted octanol–water partition coefficient (Wildman–Crippen LogP) is 2.33. The number of piperazine rings is 1.